The maximum Gasteiger partial charge on any atom is 0.338 e. The minimum absolute atomic E-state index is 0.103. The number of carbonyl (C=O) groups excluding carboxylic acids is 1. The lowest BCUT2D eigenvalue weighted by molar-refractivity contribution is 0.0377. The zero-order valence-electron chi connectivity index (χ0n) is 11.8. The van der Waals surface area contributed by atoms with Crippen molar-refractivity contribution in [3.05, 3.63) is 29.3 Å². The first-order chi connectivity index (χ1) is 8.40. The van der Waals surface area contributed by atoms with Crippen LogP contribution in [0.25, 0.3) is 0 Å². The standard InChI is InChI=1S/C15H22O3/c1-10(2)9-17-13-6-7-14(12(5)8-13)15(16)18-11(3)4/h6-8,10-11H,9H2,1-5H3. The Hall–Kier alpha value is -1.51. The second-order valence-electron chi connectivity index (χ2n) is 5.14. The summed E-state index contributed by atoms with van der Waals surface area (Å²) in [6.07, 6.45) is -0.103. The first kappa shape index (κ1) is 14.6. The molecule has 0 heterocycles. The largest absolute Gasteiger partial charge is 0.493 e. The van der Waals surface area contributed by atoms with E-state index in [2.05, 4.69) is 13.8 Å². The van der Waals surface area contributed by atoms with Crippen LogP contribution in [0.1, 0.15) is 43.6 Å². The van der Waals surface area contributed by atoms with Gasteiger partial charge in [0.1, 0.15) is 5.75 Å². The predicted octanol–water partition coefficient (Wildman–Crippen LogP) is 3.60. The first-order valence-electron chi connectivity index (χ1n) is 6.34. The highest BCUT2D eigenvalue weighted by atomic mass is 16.5. The van der Waals surface area contributed by atoms with E-state index in [1.165, 1.54) is 0 Å². The Morgan fingerprint density at radius 3 is 2.39 bits per heavy atom. The number of ether oxygens (including phenoxy) is 2. The van der Waals surface area contributed by atoms with Crippen LogP contribution in [0.15, 0.2) is 18.2 Å². The average Bonchev–Trinajstić information content (AvgIpc) is 2.25. The van der Waals surface area contributed by atoms with Crippen LogP contribution in [-0.4, -0.2) is 18.7 Å². The Balaban J connectivity index is 2.76. The predicted molar refractivity (Wildman–Crippen MR) is 72.1 cm³/mol. The second kappa shape index (κ2) is 6.43. The quantitative estimate of drug-likeness (QED) is 0.749. The Labute approximate surface area is 109 Å². The number of carbonyl (C=O) groups is 1. The van der Waals surface area contributed by atoms with E-state index in [-0.39, 0.29) is 12.1 Å². The van der Waals surface area contributed by atoms with Crippen molar-refractivity contribution >= 4 is 5.97 Å². The summed E-state index contributed by atoms with van der Waals surface area (Å²) < 4.78 is 10.8. The average molecular weight is 250 g/mol. The molecule has 0 aliphatic heterocycles. The molecule has 3 heteroatoms. The third kappa shape index (κ3) is 4.40. The molecule has 0 aliphatic carbocycles. The normalized spacial score (nSPS) is 10.8. The van der Waals surface area contributed by atoms with Crippen molar-refractivity contribution in [2.45, 2.75) is 40.7 Å². The van der Waals surface area contributed by atoms with Crippen LogP contribution in [0.2, 0.25) is 0 Å². The number of rotatable bonds is 5. The van der Waals surface area contributed by atoms with Crippen LogP contribution in [0.3, 0.4) is 0 Å². The number of hydrogen-bond donors (Lipinski definition) is 0. The van der Waals surface area contributed by atoms with Crippen LogP contribution in [0.4, 0.5) is 0 Å². The van der Waals surface area contributed by atoms with E-state index in [0.29, 0.717) is 18.1 Å². The Bertz CT molecular complexity index is 408. The maximum atomic E-state index is 11.8. The zero-order valence-corrected chi connectivity index (χ0v) is 11.8. The Kier molecular flexibility index (Phi) is 5.20. The van der Waals surface area contributed by atoms with Gasteiger partial charge in [-0.3, -0.25) is 0 Å². The molecule has 3 nitrogen and oxygen atoms in total. The third-order valence-corrected chi connectivity index (χ3v) is 2.34. The molecule has 0 aromatic heterocycles. The molecule has 0 N–H and O–H groups in total. The molecule has 1 rings (SSSR count). The molecule has 0 amide bonds. The molecule has 0 fully saturated rings. The van der Waals surface area contributed by atoms with Crippen LogP contribution in [-0.2, 0) is 4.74 Å². The van der Waals surface area contributed by atoms with E-state index in [0.717, 1.165) is 11.3 Å². The summed E-state index contributed by atoms with van der Waals surface area (Å²) in [7, 11) is 0. The number of aryl methyl sites for hydroxylation is 1. The molecule has 0 aliphatic rings. The summed E-state index contributed by atoms with van der Waals surface area (Å²) in [6, 6.07) is 5.45. The summed E-state index contributed by atoms with van der Waals surface area (Å²) >= 11 is 0. The van der Waals surface area contributed by atoms with Gasteiger partial charge in [0.15, 0.2) is 0 Å². The van der Waals surface area contributed by atoms with Gasteiger partial charge in [-0.15, -0.1) is 0 Å². The highest BCUT2D eigenvalue weighted by molar-refractivity contribution is 5.91. The summed E-state index contributed by atoms with van der Waals surface area (Å²) in [4.78, 5) is 11.8. The fourth-order valence-electron chi connectivity index (χ4n) is 1.50. The summed E-state index contributed by atoms with van der Waals surface area (Å²) in [5, 5.41) is 0. The highest BCUT2D eigenvalue weighted by Crippen LogP contribution is 2.19. The van der Waals surface area contributed by atoms with Gasteiger partial charge in [-0.1, -0.05) is 13.8 Å². The van der Waals surface area contributed by atoms with Gasteiger partial charge >= 0.3 is 5.97 Å². The van der Waals surface area contributed by atoms with E-state index >= 15 is 0 Å². The Morgan fingerprint density at radius 1 is 1.22 bits per heavy atom. The molecule has 0 saturated carbocycles. The van der Waals surface area contributed by atoms with Gasteiger partial charge in [0.05, 0.1) is 18.3 Å². The summed E-state index contributed by atoms with van der Waals surface area (Å²) in [5.74, 6) is 0.996. The molecule has 0 bridgehead atoms. The van der Waals surface area contributed by atoms with E-state index in [1.54, 1.807) is 6.07 Å². The second-order valence-corrected chi connectivity index (χ2v) is 5.14. The van der Waals surface area contributed by atoms with Crippen LogP contribution in [0.5, 0.6) is 5.75 Å². The fourth-order valence-corrected chi connectivity index (χ4v) is 1.50. The number of esters is 1. The molecule has 18 heavy (non-hydrogen) atoms. The minimum atomic E-state index is -0.280. The van der Waals surface area contributed by atoms with E-state index in [9.17, 15) is 4.79 Å². The van der Waals surface area contributed by atoms with Gasteiger partial charge in [0.2, 0.25) is 0 Å². The highest BCUT2D eigenvalue weighted by Gasteiger charge is 2.12. The van der Waals surface area contributed by atoms with Crippen molar-refractivity contribution in [1.82, 2.24) is 0 Å². The molecule has 0 spiro atoms. The maximum absolute atomic E-state index is 11.8. The monoisotopic (exact) mass is 250 g/mol. The molecule has 100 valence electrons. The van der Waals surface area contributed by atoms with Crippen molar-refractivity contribution in [2.24, 2.45) is 5.92 Å². The smallest absolute Gasteiger partial charge is 0.338 e. The minimum Gasteiger partial charge on any atom is -0.493 e. The molecule has 0 atom stereocenters. The van der Waals surface area contributed by atoms with E-state index < -0.39 is 0 Å². The first-order valence-corrected chi connectivity index (χ1v) is 6.34. The molecular formula is C15H22O3. The van der Waals surface area contributed by atoms with Crippen molar-refractivity contribution in [3.63, 3.8) is 0 Å². The van der Waals surface area contributed by atoms with Crippen molar-refractivity contribution < 1.29 is 14.3 Å². The van der Waals surface area contributed by atoms with Gasteiger partial charge in [0, 0.05) is 0 Å². The van der Waals surface area contributed by atoms with Gasteiger partial charge in [-0.25, -0.2) is 4.79 Å². The zero-order chi connectivity index (χ0) is 13.7. The molecule has 1 aromatic rings. The molecule has 0 radical (unpaired) electrons. The van der Waals surface area contributed by atoms with Crippen LogP contribution < -0.4 is 4.74 Å². The fraction of sp³-hybridized carbons (Fsp3) is 0.533. The summed E-state index contributed by atoms with van der Waals surface area (Å²) in [5.41, 5.74) is 1.47. The summed E-state index contributed by atoms with van der Waals surface area (Å²) in [6.45, 7) is 10.4. The lowest BCUT2D eigenvalue weighted by Crippen LogP contribution is -2.13. The Morgan fingerprint density at radius 2 is 1.89 bits per heavy atom. The van der Waals surface area contributed by atoms with Crippen molar-refractivity contribution in [2.75, 3.05) is 6.61 Å². The molecule has 0 saturated heterocycles. The van der Waals surface area contributed by atoms with Crippen molar-refractivity contribution in [1.29, 1.82) is 0 Å². The van der Waals surface area contributed by atoms with E-state index in [1.807, 2.05) is 32.9 Å². The van der Waals surface area contributed by atoms with Gasteiger partial charge < -0.3 is 9.47 Å². The van der Waals surface area contributed by atoms with Gasteiger partial charge in [0.25, 0.3) is 0 Å². The lowest BCUT2D eigenvalue weighted by Gasteiger charge is -2.12. The number of benzene rings is 1. The van der Waals surface area contributed by atoms with Crippen LogP contribution in [0, 0.1) is 12.8 Å². The van der Waals surface area contributed by atoms with Crippen molar-refractivity contribution in [3.8, 4) is 5.75 Å². The number of hydrogen-bond acceptors (Lipinski definition) is 3. The van der Waals surface area contributed by atoms with Crippen LogP contribution >= 0.6 is 0 Å². The third-order valence-electron chi connectivity index (χ3n) is 2.34. The SMILES string of the molecule is Cc1cc(OCC(C)C)ccc1C(=O)OC(C)C. The lowest BCUT2D eigenvalue weighted by atomic mass is 10.1. The van der Waals surface area contributed by atoms with Gasteiger partial charge in [-0.05, 0) is 50.5 Å². The topological polar surface area (TPSA) is 35.5 Å². The molecule has 0 unspecified atom stereocenters. The molecule has 1 aromatic carbocycles. The van der Waals surface area contributed by atoms with E-state index in [4.69, 9.17) is 9.47 Å². The molecular weight excluding hydrogens is 228 g/mol. The van der Waals surface area contributed by atoms with Gasteiger partial charge in [-0.2, -0.15) is 0 Å².